The first-order valence-corrected chi connectivity index (χ1v) is 22.4. The van der Waals surface area contributed by atoms with Crippen LogP contribution in [0.5, 0.6) is 0 Å². The molecule has 0 aromatic rings. The molecule has 10 nitrogen and oxygen atoms in total. The number of esters is 2. The van der Waals surface area contributed by atoms with E-state index in [1.165, 1.54) is 70.6 Å². The van der Waals surface area contributed by atoms with Gasteiger partial charge in [-0.1, -0.05) is 159 Å². The third-order valence-corrected chi connectivity index (χ3v) is 9.76. The SMILES string of the molecule is CCC=CCC=CCC=CCCCCCCCC(=O)O[C@H](COC(=O)CCCCCCCCCCCCCCCCC)COP(=O)(O)OC[C@@H](O)CO. The lowest BCUT2D eigenvalue weighted by Gasteiger charge is -2.20. The maximum Gasteiger partial charge on any atom is 0.472 e. The van der Waals surface area contributed by atoms with Crippen molar-refractivity contribution in [1.29, 1.82) is 0 Å². The normalized spacial score (nSPS) is 14.3. The predicted octanol–water partition coefficient (Wildman–Crippen LogP) is 10.8. The van der Waals surface area contributed by atoms with E-state index < -0.39 is 51.8 Å². The highest BCUT2D eigenvalue weighted by molar-refractivity contribution is 7.47. The lowest BCUT2D eigenvalue weighted by Crippen LogP contribution is -2.29. The lowest BCUT2D eigenvalue weighted by molar-refractivity contribution is -0.161. The van der Waals surface area contributed by atoms with E-state index in [2.05, 4.69) is 54.8 Å². The van der Waals surface area contributed by atoms with Crippen LogP contribution in [-0.2, 0) is 32.7 Å². The summed E-state index contributed by atoms with van der Waals surface area (Å²) in [4.78, 5) is 34.9. The minimum Gasteiger partial charge on any atom is -0.462 e. The van der Waals surface area contributed by atoms with Crippen molar-refractivity contribution < 1.29 is 47.8 Å². The van der Waals surface area contributed by atoms with Crippen molar-refractivity contribution in [3.05, 3.63) is 36.5 Å². The van der Waals surface area contributed by atoms with Gasteiger partial charge >= 0.3 is 19.8 Å². The van der Waals surface area contributed by atoms with E-state index in [0.29, 0.717) is 12.8 Å². The molecule has 11 heteroatoms. The maximum atomic E-state index is 12.6. The van der Waals surface area contributed by atoms with Crippen molar-refractivity contribution >= 4 is 19.8 Å². The maximum absolute atomic E-state index is 12.6. The lowest BCUT2D eigenvalue weighted by atomic mass is 10.0. The molecule has 0 aliphatic carbocycles. The Bertz CT molecular complexity index is 983. The van der Waals surface area contributed by atoms with Crippen LogP contribution in [0.4, 0.5) is 0 Å². The van der Waals surface area contributed by atoms with Gasteiger partial charge in [0.05, 0.1) is 19.8 Å². The van der Waals surface area contributed by atoms with E-state index in [9.17, 15) is 24.2 Å². The highest BCUT2D eigenvalue weighted by Crippen LogP contribution is 2.43. The minimum absolute atomic E-state index is 0.166. The first-order valence-electron chi connectivity index (χ1n) is 20.9. The van der Waals surface area contributed by atoms with Gasteiger partial charge in [-0.05, 0) is 44.9 Å². The fourth-order valence-corrected chi connectivity index (χ4v) is 6.39. The minimum atomic E-state index is -4.62. The smallest absolute Gasteiger partial charge is 0.462 e. The number of phosphoric ester groups is 1. The van der Waals surface area contributed by atoms with Crippen LogP contribution in [0.15, 0.2) is 36.5 Å². The number of aliphatic hydroxyl groups is 2. The number of carbonyl (C=O) groups excluding carboxylic acids is 2. The van der Waals surface area contributed by atoms with Crippen LogP contribution >= 0.6 is 7.82 Å². The molecule has 0 saturated heterocycles. The Morgan fingerprint density at radius 2 is 1.04 bits per heavy atom. The average Bonchev–Trinajstić information content (AvgIpc) is 3.14. The average molecular weight is 773 g/mol. The molecule has 0 aliphatic rings. The largest absolute Gasteiger partial charge is 0.472 e. The van der Waals surface area contributed by atoms with Crippen molar-refractivity contribution in [2.24, 2.45) is 0 Å². The topological polar surface area (TPSA) is 149 Å². The van der Waals surface area contributed by atoms with Crippen LogP contribution in [0.25, 0.3) is 0 Å². The summed E-state index contributed by atoms with van der Waals surface area (Å²) in [5.41, 5.74) is 0. The molecule has 0 bridgehead atoms. The third kappa shape index (κ3) is 38.3. The Hall–Kier alpha value is -1.81. The fraction of sp³-hybridized carbons (Fsp3) is 0.810. The molecule has 0 saturated carbocycles. The van der Waals surface area contributed by atoms with Crippen molar-refractivity contribution in [3.63, 3.8) is 0 Å². The highest BCUT2D eigenvalue weighted by atomic mass is 31.2. The predicted molar refractivity (Wildman–Crippen MR) is 214 cm³/mol. The molecule has 3 N–H and O–H groups in total. The molecule has 0 amide bonds. The number of phosphoric acid groups is 1. The Labute approximate surface area is 322 Å². The zero-order valence-corrected chi connectivity index (χ0v) is 34.4. The second-order valence-corrected chi connectivity index (χ2v) is 15.4. The summed E-state index contributed by atoms with van der Waals surface area (Å²) in [6, 6.07) is 0. The number of hydrogen-bond acceptors (Lipinski definition) is 9. The zero-order chi connectivity index (χ0) is 39.1. The summed E-state index contributed by atoms with van der Waals surface area (Å²) in [5, 5.41) is 18.3. The number of rotatable bonds is 39. The Balaban J connectivity index is 4.33. The molecule has 0 heterocycles. The quantitative estimate of drug-likeness (QED) is 0.0238. The van der Waals surface area contributed by atoms with Crippen LogP contribution in [0.1, 0.15) is 181 Å². The van der Waals surface area contributed by atoms with Crippen LogP contribution in [0.3, 0.4) is 0 Å². The summed E-state index contributed by atoms with van der Waals surface area (Å²) in [7, 11) is -4.62. The van der Waals surface area contributed by atoms with Gasteiger partial charge < -0.3 is 24.6 Å². The molecule has 0 rings (SSSR count). The van der Waals surface area contributed by atoms with E-state index in [-0.39, 0.29) is 19.4 Å². The van der Waals surface area contributed by atoms with Crippen molar-refractivity contribution in [1.82, 2.24) is 0 Å². The highest BCUT2D eigenvalue weighted by Gasteiger charge is 2.27. The van der Waals surface area contributed by atoms with Crippen molar-refractivity contribution in [2.45, 2.75) is 193 Å². The number of allylic oxidation sites excluding steroid dienone is 6. The molecule has 0 aromatic heterocycles. The van der Waals surface area contributed by atoms with E-state index in [0.717, 1.165) is 70.6 Å². The molecule has 0 aromatic carbocycles. The molecule has 0 radical (unpaired) electrons. The van der Waals surface area contributed by atoms with Gasteiger partial charge in [-0.3, -0.25) is 18.6 Å². The van der Waals surface area contributed by atoms with Gasteiger partial charge in [0.2, 0.25) is 0 Å². The second kappa shape index (κ2) is 38.5. The molecular weight excluding hydrogens is 695 g/mol. The van der Waals surface area contributed by atoms with Crippen LogP contribution in [0.2, 0.25) is 0 Å². The van der Waals surface area contributed by atoms with E-state index in [4.69, 9.17) is 19.1 Å². The zero-order valence-electron chi connectivity index (χ0n) is 33.5. The van der Waals surface area contributed by atoms with Gasteiger partial charge in [-0.15, -0.1) is 0 Å². The van der Waals surface area contributed by atoms with E-state index in [1.807, 2.05) is 0 Å². The molecule has 310 valence electrons. The Kier molecular flexibility index (Phi) is 37.2. The first-order chi connectivity index (χ1) is 25.7. The Morgan fingerprint density at radius 1 is 0.585 bits per heavy atom. The molecule has 53 heavy (non-hydrogen) atoms. The number of hydrogen-bond donors (Lipinski definition) is 3. The summed E-state index contributed by atoms with van der Waals surface area (Å²) in [5.74, 6) is -0.941. The standard InChI is InChI=1S/C42H77O10P/c1-3-5-7-9-11-13-15-17-19-21-23-25-27-29-31-33-41(45)49-37-40(38-51-53(47,48)50-36-39(44)35-43)52-42(46)34-32-30-28-26-24-22-20-18-16-14-12-10-8-6-4-2/h6,8,12,14,18,20,39-40,43-44H,3-5,7,9-11,13,15-17,19,21-38H2,1-2H3,(H,47,48)/t39-,40+/m0/s1. The number of aliphatic hydroxyl groups excluding tert-OH is 2. The molecule has 0 fully saturated rings. The summed E-state index contributed by atoms with van der Waals surface area (Å²) < 4.78 is 32.7. The van der Waals surface area contributed by atoms with Crippen LogP contribution in [0, 0.1) is 0 Å². The van der Waals surface area contributed by atoms with Gasteiger partial charge in [-0.25, -0.2) is 4.57 Å². The molecule has 0 spiro atoms. The summed E-state index contributed by atoms with van der Waals surface area (Å²) >= 11 is 0. The summed E-state index contributed by atoms with van der Waals surface area (Å²) in [6.07, 6.45) is 38.2. The number of ether oxygens (including phenoxy) is 2. The van der Waals surface area contributed by atoms with Crippen LogP contribution in [-0.4, -0.2) is 65.7 Å². The van der Waals surface area contributed by atoms with Gasteiger partial charge in [0.15, 0.2) is 6.10 Å². The first kappa shape index (κ1) is 51.2. The summed E-state index contributed by atoms with van der Waals surface area (Å²) in [6.45, 7) is 2.25. The molecule has 1 unspecified atom stereocenters. The molecular formula is C42H77O10P. The van der Waals surface area contributed by atoms with Crippen molar-refractivity contribution in [3.8, 4) is 0 Å². The molecule has 3 atom stereocenters. The second-order valence-electron chi connectivity index (χ2n) is 14.0. The van der Waals surface area contributed by atoms with Crippen LogP contribution < -0.4 is 0 Å². The fourth-order valence-electron chi connectivity index (χ4n) is 5.60. The monoisotopic (exact) mass is 773 g/mol. The van der Waals surface area contributed by atoms with Gasteiger partial charge in [0, 0.05) is 12.8 Å². The Morgan fingerprint density at radius 3 is 1.57 bits per heavy atom. The van der Waals surface area contributed by atoms with Gasteiger partial charge in [0.25, 0.3) is 0 Å². The third-order valence-electron chi connectivity index (χ3n) is 8.81. The number of carbonyl (C=O) groups is 2. The van der Waals surface area contributed by atoms with Gasteiger partial charge in [-0.2, -0.15) is 0 Å². The van der Waals surface area contributed by atoms with E-state index in [1.54, 1.807) is 0 Å². The number of unbranched alkanes of at least 4 members (excludes halogenated alkanes) is 19. The van der Waals surface area contributed by atoms with Crippen molar-refractivity contribution in [2.75, 3.05) is 26.4 Å². The van der Waals surface area contributed by atoms with E-state index >= 15 is 0 Å². The van der Waals surface area contributed by atoms with Gasteiger partial charge in [0.1, 0.15) is 12.7 Å². The molecule has 0 aliphatic heterocycles.